The van der Waals surface area contributed by atoms with Crippen molar-refractivity contribution in [3.63, 3.8) is 0 Å². The first-order chi connectivity index (χ1) is 15.7. The van der Waals surface area contributed by atoms with Crippen LogP contribution in [-0.2, 0) is 29.0 Å². The molecule has 1 aliphatic heterocycles. The SMILES string of the molecule is COC(=O)c1ccc(NC(=O)COC(=O)c2cc(S(=O)(=O)N3CCOCC3)ccc2C)cc1. The molecule has 33 heavy (non-hydrogen) atoms. The highest BCUT2D eigenvalue weighted by Crippen LogP contribution is 2.21. The van der Waals surface area contributed by atoms with Crippen LogP contribution in [0, 0.1) is 6.92 Å². The van der Waals surface area contributed by atoms with E-state index in [0.29, 0.717) is 30.0 Å². The number of hydrogen-bond acceptors (Lipinski definition) is 8. The molecule has 1 fully saturated rings. The Balaban J connectivity index is 1.63. The van der Waals surface area contributed by atoms with Crippen LogP contribution in [0.2, 0.25) is 0 Å². The molecule has 0 aliphatic carbocycles. The number of amides is 1. The second-order valence-corrected chi connectivity index (χ2v) is 9.12. The first-order valence-corrected chi connectivity index (χ1v) is 11.5. The van der Waals surface area contributed by atoms with Crippen LogP contribution in [0.4, 0.5) is 5.69 Å². The molecule has 0 aromatic heterocycles. The molecule has 0 radical (unpaired) electrons. The van der Waals surface area contributed by atoms with Gasteiger partial charge in [-0.05, 0) is 48.9 Å². The second-order valence-electron chi connectivity index (χ2n) is 7.19. The Labute approximate surface area is 191 Å². The highest BCUT2D eigenvalue weighted by Gasteiger charge is 2.27. The zero-order valence-electron chi connectivity index (χ0n) is 18.2. The molecule has 2 aromatic rings. The highest BCUT2D eigenvalue weighted by molar-refractivity contribution is 7.89. The fourth-order valence-electron chi connectivity index (χ4n) is 3.13. The first kappa shape index (κ1) is 24.4. The van der Waals surface area contributed by atoms with E-state index in [-0.39, 0.29) is 23.5 Å². The summed E-state index contributed by atoms with van der Waals surface area (Å²) < 4.78 is 41.9. The van der Waals surface area contributed by atoms with Gasteiger partial charge in [0.1, 0.15) is 0 Å². The van der Waals surface area contributed by atoms with Crippen molar-refractivity contribution < 1.29 is 37.0 Å². The van der Waals surface area contributed by atoms with E-state index < -0.39 is 34.5 Å². The smallest absolute Gasteiger partial charge is 0.338 e. The van der Waals surface area contributed by atoms with Crippen molar-refractivity contribution in [1.82, 2.24) is 4.31 Å². The number of methoxy groups -OCH3 is 1. The molecular formula is C22H24N2O8S. The van der Waals surface area contributed by atoms with Crippen molar-refractivity contribution in [2.45, 2.75) is 11.8 Å². The van der Waals surface area contributed by atoms with Gasteiger partial charge in [-0.1, -0.05) is 6.07 Å². The third-order valence-electron chi connectivity index (χ3n) is 4.96. The van der Waals surface area contributed by atoms with E-state index in [1.165, 1.54) is 53.9 Å². The number of morpholine rings is 1. The lowest BCUT2D eigenvalue weighted by atomic mass is 10.1. The maximum absolute atomic E-state index is 12.9. The van der Waals surface area contributed by atoms with Crippen molar-refractivity contribution in [2.75, 3.05) is 45.3 Å². The summed E-state index contributed by atoms with van der Waals surface area (Å²) >= 11 is 0. The van der Waals surface area contributed by atoms with Crippen LogP contribution in [0.15, 0.2) is 47.4 Å². The number of esters is 2. The van der Waals surface area contributed by atoms with Crippen molar-refractivity contribution in [3.05, 3.63) is 59.2 Å². The van der Waals surface area contributed by atoms with Gasteiger partial charge in [0, 0.05) is 18.8 Å². The number of carbonyl (C=O) groups excluding carboxylic acids is 3. The monoisotopic (exact) mass is 476 g/mol. The number of aryl methyl sites for hydroxylation is 1. The van der Waals surface area contributed by atoms with Gasteiger partial charge >= 0.3 is 11.9 Å². The van der Waals surface area contributed by atoms with Crippen LogP contribution >= 0.6 is 0 Å². The molecule has 1 amide bonds. The zero-order valence-corrected chi connectivity index (χ0v) is 19.0. The molecule has 1 heterocycles. The van der Waals surface area contributed by atoms with Crippen LogP contribution in [-0.4, -0.2) is 70.6 Å². The summed E-state index contributed by atoms with van der Waals surface area (Å²) in [6, 6.07) is 10.2. The number of sulfonamides is 1. The largest absolute Gasteiger partial charge is 0.465 e. The molecule has 0 spiro atoms. The van der Waals surface area contributed by atoms with Crippen LogP contribution in [0.3, 0.4) is 0 Å². The number of benzene rings is 2. The Morgan fingerprint density at radius 1 is 1.03 bits per heavy atom. The number of ether oxygens (including phenoxy) is 3. The number of anilines is 1. The molecule has 10 nitrogen and oxygen atoms in total. The Bertz CT molecular complexity index is 1140. The Kier molecular flexibility index (Phi) is 7.79. The number of nitrogens with zero attached hydrogens (tertiary/aromatic N) is 1. The summed E-state index contributed by atoms with van der Waals surface area (Å²) in [5.74, 6) is -1.92. The molecule has 0 bridgehead atoms. The molecule has 0 saturated carbocycles. The number of carbonyl (C=O) groups is 3. The highest BCUT2D eigenvalue weighted by atomic mass is 32.2. The normalized spacial score (nSPS) is 14.4. The minimum atomic E-state index is -3.79. The molecule has 1 aliphatic rings. The third kappa shape index (κ3) is 5.95. The standard InChI is InChI=1S/C22H24N2O8S/c1-15-3-8-18(33(28,29)24-9-11-31-12-10-24)13-19(15)22(27)32-14-20(25)23-17-6-4-16(5-7-17)21(26)30-2/h3-8,13H,9-12,14H2,1-2H3,(H,23,25). The van der Waals surface area contributed by atoms with Gasteiger partial charge in [-0.2, -0.15) is 4.31 Å². The van der Waals surface area contributed by atoms with Gasteiger partial charge < -0.3 is 19.5 Å². The van der Waals surface area contributed by atoms with Crippen molar-refractivity contribution >= 4 is 33.6 Å². The zero-order chi connectivity index (χ0) is 24.0. The van der Waals surface area contributed by atoms with Gasteiger partial charge in [0.2, 0.25) is 10.0 Å². The van der Waals surface area contributed by atoms with Crippen LogP contribution in [0.1, 0.15) is 26.3 Å². The average Bonchev–Trinajstić information content (AvgIpc) is 2.83. The number of nitrogens with one attached hydrogen (secondary N) is 1. The van der Waals surface area contributed by atoms with Crippen molar-refractivity contribution in [3.8, 4) is 0 Å². The van der Waals surface area contributed by atoms with Gasteiger partial charge in [-0.25, -0.2) is 18.0 Å². The third-order valence-corrected chi connectivity index (χ3v) is 6.86. The van der Waals surface area contributed by atoms with E-state index in [1.54, 1.807) is 6.92 Å². The summed E-state index contributed by atoms with van der Waals surface area (Å²) in [5.41, 5.74) is 1.29. The van der Waals surface area contributed by atoms with Crippen molar-refractivity contribution in [1.29, 1.82) is 0 Å². The van der Waals surface area contributed by atoms with E-state index in [9.17, 15) is 22.8 Å². The molecule has 176 valence electrons. The average molecular weight is 477 g/mol. The molecule has 3 rings (SSSR count). The Hall–Kier alpha value is -3.28. The van der Waals surface area contributed by atoms with Gasteiger partial charge in [-0.15, -0.1) is 0 Å². The van der Waals surface area contributed by atoms with E-state index >= 15 is 0 Å². The summed E-state index contributed by atoms with van der Waals surface area (Å²) in [7, 11) is -2.52. The summed E-state index contributed by atoms with van der Waals surface area (Å²) in [6.45, 7) is 2.15. The minimum Gasteiger partial charge on any atom is -0.465 e. The molecule has 0 unspecified atom stereocenters. The lowest BCUT2D eigenvalue weighted by Crippen LogP contribution is -2.40. The van der Waals surface area contributed by atoms with Gasteiger partial charge in [0.05, 0.1) is 36.3 Å². The fraction of sp³-hybridized carbons (Fsp3) is 0.318. The van der Waals surface area contributed by atoms with Crippen LogP contribution in [0.5, 0.6) is 0 Å². The van der Waals surface area contributed by atoms with Gasteiger partial charge in [0.15, 0.2) is 6.61 Å². The molecular weight excluding hydrogens is 452 g/mol. The van der Waals surface area contributed by atoms with Crippen molar-refractivity contribution in [2.24, 2.45) is 0 Å². The summed E-state index contributed by atoms with van der Waals surface area (Å²) in [5, 5.41) is 2.54. The van der Waals surface area contributed by atoms with Crippen LogP contribution < -0.4 is 5.32 Å². The number of rotatable bonds is 7. The van der Waals surface area contributed by atoms with E-state index in [4.69, 9.17) is 9.47 Å². The molecule has 11 heteroatoms. The molecule has 1 N–H and O–H groups in total. The fourth-order valence-corrected chi connectivity index (χ4v) is 4.57. The summed E-state index contributed by atoms with van der Waals surface area (Å²) in [6.07, 6.45) is 0. The minimum absolute atomic E-state index is 0.0305. The lowest BCUT2D eigenvalue weighted by Gasteiger charge is -2.26. The Morgan fingerprint density at radius 3 is 2.33 bits per heavy atom. The molecule has 1 saturated heterocycles. The van der Waals surface area contributed by atoms with Gasteiger partial charge in [0.25, 0.3) is 5.91 Å². The lowest BCUT2D eigenvalue weighted by molar-refractivity contribution is -0.119. The van der Waals surface area contributed by atoms with E-state index in [1.807, 2.05) is 0 Å². The maximum Gasteiger partial charge on any atom is 0.338 e. The topological polar surface area (TPSA) is 128 Å². The van der Waals surface area contributed by atoms with E-state index in [0.717, 1.165) is 0 Å². The first-order valence-electron chi connectivity index (χ1n) is 10.1. The summed E-state index contributed by atoms with van der Waals surface area (Å²) in [4.78, 5) is 36.1. The van der Waals surface area contributed by atoms with Crippen LogP contribution in [0.25, 0.3) is 0 Å². The number of hydrogen-bond donors (Lipinski definition) is 1. The quantitative estimate of drug-likeness (QED) is 0.597. The Morgan fingerprint density at radius 2 is 1.70 bits per heavy atom. The molecule has 0 atom stereocenters. The second kappa shape index (κ2) is 10.6. The van der Waals surface area contributed by atoms with E-state index in [2.05, 4.69) is 10.1 Å². The van der Waals surface area contributed by atoms with Gasteiger partial charge in [-0.3, -0.25) is 4.79 Å². The predicted octanol–water partition coefficient (Wildman–Crippen LogP) is 1.60. The predicted molar refractivity (Wildman–Crippen MR) is 117 cm³/mol. The molecule has 2 aromatic carbocycles. The maximum atomic E-state index is 12.9.